The first-order valence-electron chi connectivity index (χ1n) is 4.14. The van der Waals surface area contributed by atoms with Crippen molar-refractivity contribution in [2.45, 2.75) is 6.92 Å². The maximum absolute atomic E-state index is 10.7. The Bertz CT molecular complexity index is 513. The maximum atomic E-state index is 10.7. The van der Waals surface area contributed by atoms with Crippen molar-refractivity contribution >= 4 is 16.9 Å². The standard InChI is InChI=1S/C10H9NO3/c1-6-2-3-7-5-9(10(12)13)11(14)8(7)4-6/h2-5,14H,1H3,(H,12,13). The Labute approximate surface area is 80.0 Å². The van der Waals surface area contributed by atoms with Crippen LogP contribution in [-0.2, 0) is 0 Å². The average Bonchev–Trinajstić information content (AvgIpc) is 2.44. The number of aromatic nitrogens is 1. The van der Waals surface area contributed by atoms with Gasteiger partial charge in [0.15, 0.2) is 5.69 Å². The van der Waals surface area contributed by atoms with Gasteiger partial charge in [-0.3, -0.25) is 0 Å². The Morgan fingerprint density at radius 1 is 1.36 bits per heavy atom. The van der Waals surface area contributed by atoms with Gasteiger partial charge in [-0.1, -0.05) is 12.1 Å². The molecule has 0 amide bonds. The van der Waals surface area contributed by atoms with Crippen molar-refractivity contribution in [3.63, 3.8) is 0 Å². The molecule has 4 heteroatoms. The van der Waals surface area contributed by atoms with E-state index in [0.29, 0.717) is 10.2 Å². The highest BCUT2D eigenvalue weighted by Crippen LogP contribution is 2.19. The summed E-state index contributed by atoms with van der Waals surface area (Å²) in [5.74, 6) is -1.14. The van der Waals surface area contributed by atoms with Crippen molar-refractivity contribution in [3.05, 3.63) is 35.5 Å². The number of fused-ring (bicyclic) bond motifs is 1. The van der Waals surface area contributed by atoms with Crippen LogP contribution in [0, 0.1) is 6.92 Å². The summed E-state index contributed by atoms with van der Waals surface area (Å²) in [5.41, 5.74) is 1.37. The predicted octanol–water partition coefficient (Wildman–Crippen LogP) is 1.89. The number of nitrogens with zero attached hydrogens (tertiary/aromatic N) is 1. The summed E-state index contributed by atoms with van der Waals surface area (Å²) in [4.78, 5) is 10.7. The SMILES string of the molecule is Cc1ccc2cc(C(=O)O)n(O)c2c1. The number of rotatable bonds is 1. The minimum atomic E-state index is -1.14. The van der Waals surface area contributed by atoms with Crippen LogP contribution in [0.25, 0.3) is 10.9 Å². The molecule has 0 aliphatic carbocycles. The highest BCUT2D eigenvalue weighted by Gasteiger charge is 2.13. The number of hydrogen-bond donors (Lipinski definition) is 2. The third-order valence-electron chi connectivity index (χ3n) is 2.15. The molecule has 0 radical (unpaired) electrons. The van der Waals surface area contributed by atoms with Gasteiger partial charge in [0.1, 0.15) is 0 Å². The van der Waals surface area contributed by atoms with E-state index < -0.39 is 5.97 Å². The van der Waals surface area contributed by atoms with E-state index in [1.807, 2.05) is 13.0 Å². The van der Waals surface area contributed by atoms with E-state index in [0.717, 1.165) is 10.9 Å². The highest BCUT2D eigenvalue weighted by molar-refractivity contribution is 5.94. The summed E-state index contributed by atoms with van der Waals surface area (Å²) in [5, 5.41) is 19.0. The molecule has 0 fully saturated rings. The molecule has 72 valence electrons. The molecule has 0 aliphatic rings. The lowest BCUT2D eigenvalue weighted by Gasteiger charge is -1.98. The molecule has 2 aromatic rings. The first-order chi connectivity index (χ1) is 6.59. The van der Waals surface area contributed by atoms with Gasteiger partial charge < -0.3 is 10.3 Å². The molecule has 1 aromatic carbocycles. The van der Waals surface area contributed by atoms with Crippen LogP contribution in [0.3, 0.4) is 0 Å². The van der Waals surface area contributed by atoms with Gasteiger partial charge in [0.25, 0.3) is 0 Å². The molecule has 0 bridgehead atoms. The predicted molar refractivity (Wildman–Crippen MR) is 50.8 cm³/mol. The number of benzene rings is 1. The van der Waals surface area contributed by atoms with Crippen LogP contribution < -0.4 is 0 Å². The van der Waals surface area contributed by atoms with Gasteiger partial charge in [-0.05, 0) is 24.6 Å². The normalized spacial score (nSPS) is 10.6. The van der Waals surface area contributed by atoms with Crippen LogP contribution in [0.4, 0.5) is 0 Å². The molecule has 2 N–H and O–H groups in total. The molecule has 0 aliphatic heterocycles. The van der Waals surface area contributed by atoms with Crippen molar-refractivity contribution in [1.29, 1.82) is 0 Å². The molecule has 0 unspecified atom stereocenters. The van der Waals surface area contributed by atoms with Gasteiger partial charge in [-0.25, -0.2) is 4.79 Å². The minimum Gasteiger partial charge on any atom is -0.476 e. The third-order valence-corrected chi connectivity index (χ3v) is 2.15. The largest absolute Gasteiger partial charge is 0.476 e. The second kappa shape index (κ2) is 2.77. The van der Waals surface area contributed by atoms with E-state index in [1.54, 1.807) is 12.1 Å². The van der Waals surface area contributed by atoms with Crippen molar-refractivity contribution in [2.75, 3.05) is 0 Å². The number of aromatic carboxylic acids is 1. The molecule has 0 atom stereocenters. The van der Waals surface area contributed by atoms with E-state index >= 15 is 0 Å². The lowest BCUT2D eigenvalue weighted by atomic mass is 10.2. The molecular weight excluding hydrogens is 182 g/mol. The molecule has 1 heterocycles. The second-order valence-corrected chi connectivity index (χ2v) is 3.21. The van der Waals surface area contributed by atoms with Crippen molar-refractivity contribution < 1.29 is 15.1 Å². The molecule has 4 nitrogen and oxygen atoms in total. The number of carbonyl (C=O) groups is 1. The van der Waals surface area contributed by atoms with Gasteiger partial charge in [-0.2, -0.15) is 4.73 Å². The zero-order chi connectivity index (χ0) is 10.3. The summed E-state index contributed by atoms with van der Waals surface area (Å²) >= 11 is 0. The summed E-state index contributed by atoms with van der Waals surface area (Å²) in [7, 11) is 0. The molecule has 0 spiro atoms. The van der Waals surface area contributed by atoms with Gasteiger partial charge in [0.05, 0.1) is 5.52 Å². The third kappa shape index (κ3) is 1.12. The second-order valence-electron chi connectivity index (χ2n) is 3.21. The van der Waals surface area contributed by atoms with E-state index in [-0.39, 0.29) is 5.69 Å². The van der Waals surface area contributed by atoms with Crippen LogP contribution in [0.1, 0.15) is 16.1 Å². The molecule has 2 rings (SSSR count). The number of carboxylic acids is 1. The van der Waals surface area contributed by atoms with E-state index in [9.17, 15) is 10.0 Å². The number of carboxylic acid groups (broad SMARTS) is 1. The van der Waals surface area contributed by atoms with E-state index in [2.05, 4.69) is 0 Å². The van der Waals surface area contributed by atoms with Crippen molar-refractivity contribution in [3.8, 4) is 0 Å². The molecule has 0 saturated carbocycles. The fraction of sp³-hybridized carbons (Fsp3) is 0.100. The Hall–Kier alpha value is -1.97. The maximum Gasteiger partial charge on any atom is 0.356 e. The minimum absolute atomic E-state index is 0.120. The van der Waals surface area contributed by atoms with Gasteiger partial charge >= 0.3 is 5.97 Å². The molecule has 14 heavy (non-hydrogen) atoms. The van der Waals surface area contributed by atoms with Crippen LogP contribution in [0.15, 0.2) is 24.3 Å². The smallest absolute Gasteiger partial charge is 0.356 e. The van der Waals surface area contributed by atoms with E-state index in [4.69, 9.17) is 5.11 Å². The van der Waals surface area contributed by atoms with Crippen molar-refractivity contribution in [2.24, 2.45) is 0 Å². The first-order valence-corrected chi connectivity index (χ1v) is 4.14. The fourth-order valence-corrected chi connectivity index (χ4v) is 1.45. The lowest BCUT2D eigenvalue weighted by Crippen LogP contribution is -2.04. The van der Waals surface area contributed by atoms with E-state index in [1.165, 1.54) is 6.07 Å². The topological polar surface area (TPSA) is 62.5 Å². The Morgan fingerprint density at radius 2 is 2.07 bits per heavy atom. The van der Waals surface area contributed by atoms with Gasteiger partial charge in [0, 0.05) is 5.39 Å². The van der Waals surface area contributed by atoms with Gasteiger partial charge in [-0.15, -0.1) is 0 Å². The zero-order valence-electron chi connectivity index (χ0n) is 7.56. The van der Waals surface area contributed by atoms with Crippen molar-refractivity contribution in [1.82, 2.24) is 4.73 Å². The summed E-state index contributed by atoms with van der Waals surface area (Å²) < 4.78 is 0.699. The summed E-state index contributed by atoms with van der Waals surface area (Å²) in [6.07, 6.45) is 0. The quantitative estimate of drug-likeness (QED) is 0.676. The summed E-state index contributed by atoms with van der Waals surface area (Å²) in [6, 6.07) is 6.83. The van der Waals surface area contributed by atoms with Crippen LogP contribution in [-0.4, -0.2) is 21.0 Å². The number of aryl methyl sites for hydroxylation is 1. The molecular formula is C10H9NO3. The monoisotopic (exact) mass is 191 g/mol. The molecule has 0 saturated heterocycles. The summed E-state index contributed by atoms with van der Waals surface area (Å²) in [6.45, 7) is 1.88. The lowest BCUT2D eigenvalue weighted by molar-refractivity contribution is 0.0649. The van der Waals surface area contributed by atoms with Gasteiger partial charge in [0.2, 0.25) is 0 Å². The molecule has 1 aromatic heterocycles. The van der Waals surface area contributed by atoms with Crippen LogP contribution in [0.5, 0.6) is 0 Å². The average molecular weight is 191 g/mol. The Balaban J connectivity index is 2.80. The number of hydrogen-bond acceptors (Lipinski definition) is 2. The Kier molecular flexibility index (Phi) is 1.70. The Morgan fingerprint density at radius 3 is 2.71 bits per heavy atom. The van der Waals surface area contributed by atoms with Crippen LogP contribution >= 0.6 is 0 Å². The first kappa shape index (κ1) is 8.62. The highest BCUT2D eigenvalue weighted by atomic mass is 16.5. The zero-order valence-corrected chi connectivity index (χ0v) is 7.56. The van der Waals surface area contributed by atoms with Crippen LogP contribution in [0.2, 0.25) is 0 Å². The fourth-order valence-electron chi connectivity index (χ4n) is 1.45.